The predicted octanol–water partition coefficient (Wildman–Crippen LogP) is 3.05. The van der Waals surface area contributed by atoms with E-state index in [1.165, 1.54) is 51.4 Å². The van der Waals surface area contributed by atoms with Gasteiger partial charge in [0.1, 0.15) is 0 Å². The number of hydrogen-bond acceptors (Lipinski definition) is 4. The van der Waals surface area contributed by atoms with Gasteiger partial charge in [-0.25, -0.2) is 0 Å². The van der Waals surface area contributed by atoms with E-state index >= 15 is 0 Å². The summed E-state index contributed by atoms with van der Waals surface area (Å²) in [4.78, 5) is 31.2. The lowest BCUT2D eigenvalue weighted by molar-refractivity contribution is -0.142. The molecule has 8 aliphatic carbocycles. The maximum absolute atomic E-state index is 13.6. The third kappa shape index (κ3) is 3.65. The van der Waals surface area contributed by atoms with Crippen LogP contribution in [-0.4, -0.2) is 74.2 Å². The first-order valence-electron chi connectivity index (χ1n) is 14.4. The van der Waals surface area contributed by atoms with Crippen LogP contribution in [0.3, 0.4) is 0 Å². The standard InChI is InChI=1S/C28H42N2O4/c31-27(25-21-11-17-9-19(15-21)23(25)13-17)29-1-5-33-7-3-30(4-8-34-6-2-29)28(32)26-22-12-18-10-20(16-22)24(26)14-18/h17-26H,1-16H2. The van der Waals surface area contributed by atoms with Crippen LogP contribution in [0.15, 0.2) is 0 Å². The van der Waals surface area contributed by atoms with E-state index in [9.17, 15) is 9.59 Å². The molecular weight excluding hydrogens is 428 g/mol. The second kappa shape index (κ2) is 8.76. The zero-order valence-corrected chi connectivity index (χ0v) is 20.6. The smallest absolute Gasteiger partial charge is 0.226 e. The van der Waals surface area contributed by atoms with Crippen molar-refractivity contribution in [2.75, 3.05) is 52.6 Å². The van der Waals surface area contributed by atoms with Crippen molar-refractivity contribution < 1.29 is 19.1 Å². The van der Waals surface area contributed by atoms with Gasteiger partial charge in [-0.1, -0.05) is 0 Å². The van der Waals surface area contributed by atoms with Gasteiger partial charge >= 0.3 is 0 Å². The minimum absolute atomic E-state index is 0.252. The zero-order chi connectivity index (χ0) is 22.8. The summed E-state index contributed by atoms with van der Waals surface area (Å²) < 4.78 is 12.0. The van der Waals surface area contributed by atoms with Gasteiger partial charge < -0.3 is 19.3 Å². The first-order chi connectivity index (χ1) is 16.7. The summed E-state index contributed by atoms with van der Waals surface area (Å²) in [6.45, 7) is 4.82. The Balaban J connectivity index is 0.950. The summed E-state index contributed by atoms with van der Waals surface area (Å²) in [6.07, 6.45) is 10.4. The van der Waals surface area contributed by atoms with Crippen molar-refractivity contribution in [3.05, 3.63) is 0 Å². The summed E-state index contributed by atoms with van der Waals surface area (Å²) in [5.41, 5.74) is 0. The van der Waals surface area contributed by atoms with Crippen molar-refractivity contribution in [3.63, 3.8) is 0 Å². The van der Waals surface area contributed by atoms with Gasteiger partial charge in [-0.3, -0.25) is 9.59 Å². The van der Waals surface area contributed by atoms with Crippen LogP contribution >= 0.6 is 0 Å². The molecule has 0 aromatic heterocycles. The summed E-state index contributed by atoms with van der Waals surface area (Å²) in [7, 11) is 0. The molecule has 0 spiro atoms. The molecule has 0 radical (unpaired) electrons. The molecule has 6 nitrogen and oxygen atoms in total. The van der Waals surface area contributed by atoms with E-state index in [2.05, 4.69) is 0 Å². The first kappa shape index (κ1) is 22.1. The van der Waals surface area contributed by atoms with Crippen molar-refractivity contribution in [1.82, 2.24) is 9.80 Å². The SMILES string of the molecule is O=C(C1C2CC3CC(C2)C1C3)N1CCOCCN(C(=O)C2C3CC4CC(C3)C2C4)CCOCC1. The van der Waals surface area contributed by atoms with E-state index in [1.54, 1.807) is 0 Å². The normalized spacial score (nSPS) is 47.8. The quantitative estimate of drug-likeness (QED) is 0.623. The maximum Gasteiger partial charge on any atom is 0.226 e. The molecule has 1 aliphatic heterocycles. The minimum atomic E-state index is 0.252. The van der Waals surface area contributed by atoms with Gasteiger partial charge in [0.2, 0.25) is 11.8 Å². The van der Waals surface area contributed by atoms with Gasteiger partial charge in [0.25, 0.3) is 0 Å². The fourth-order valence-electron chi connectivity index (χ4n) is 10.2. The molecule has 0 aromatic rings. The van der Waals surface area contributed by atoms with Crippen LogP contribution in [0.5, 0.6) is 0 Å². The topological polar surface area (TPSA) is 59.1 Å². The summed E-state index contributed by atoms with van der Waals surface area (Å²) in [5, 5.41) is 0. The molecule has 8 saturated carbocycles. The van der Waals surface area contributed by atoms with Gasteiger partial charge in [-0.15, -0.1) is 0 Å². The zero-order valence-electron chi connectivity index (χ0n) is 20.6. The van der Waals surface area contributed by atoms with E-state index in [4.69, 9.17) is 9.47 Å². The van der Waals surface area contributed by atoms with Crippen molar-refractivity contribution >= 4 is 11.8 Å². The highest BCUT2D eigenvalue weighted by atomic mass is 16.5. The lowest BCUT2D eigenvalue weighted by Gasteiger charge is -2.36. The fourth-order valence-corrected chi connectivity index (χ4v) is 10.2. The number of carbonyl (C=O) groups is 2. The van der Waals surface area contributed by atoms with E-state index in [1.807, 2.05) is 9.80 Å². The Morgan fingerprint density at radius 1 is 0.500 bits per heavy atom. The fraction of sp³-hybridized carbons (Fsp3) is 0.929. The molecule has 9 rings (SSSR count). The van der Waals surface area contributed by atoms with Gasteiger partial charge in [-0.2, -0.15) is 0 Å². The highest BCUT2D eigenvalue weighted by molar-refractivity contribution is 5.81. The Morgan fingerprint density at radius 3 is 1.26 bits per heavy atom. The number of ether oxygens (including phenoxy) is 2. The molecule has 10 atom stereocenters. The third-order valence-electron chi connectivity index (χ3n) is 11.3. The molecule has 1 heterocycles. The average Bonchev–Trinajstić information content (AvgIpc) is 3.44. The van der Waals surface area contributed by atoms with Crippen molar-refractivity contribution in [3.8, 4) is 0 Å². The van der Waals surface area contributed by atoms with Crippen LogP contribution < -0.4 is 0 Å². The molecule has 0 aromatic carbocycles. The van der Waals surface area contributed by atoms with Crippen molar-refractivity contribution in [2.45, 2.75) is 51.4 Å². The summed E-state index contributed by atoms with van der Waals surface area (Å²) in [5.74, 6) is 7.18. The number of rotatable bonds is 2. The van der Waals surface area contributed by atoms with Crippen LogP contribution in [-0.2, 0) is 19.1 Å². The molecule has 34 heavy (non-hydrogen) atoms. The first-order valence-corrected chi connectivity index (χ1v) is 14.4. The second-order valence-electron chi connectivity index (χ2n) is 12.9. The minimum Gasteiger partial charge on any atom is -0.378 e. The molecule has 8 bridgehead atoms. The molecule has 6 heteroatoms. The Labute approximate surface area is 204 Å². The third-order valence-corrected chi connectivity index (χ3v) is 11.3. The number of nitrogens with zero attached hydrogens (tertiary/aromatic N) is 2. The monoisotopic (exact) mass is 470 g/mol. The number of amides is 2. The Bertz CT molecular complexity index is 732. The molecule has 0 N–H and O–H groups in total. The predicted molar refractivity (Wildman–Crippen MR) is 127 cm³/mol. The lowest BCUT2D eigenvalue weighted by atomic mass is 9.75. The number of hydrogen-bond donors (Lipinski definition) is 0. The molecule has 9 aliphatic rings. The molecule has 1 saturated heterocycles. The van der Waals surface area contributed by atoms with Crippen LogP contribution in [0, 0.1) is 59.2 Å². The van der Waals surface area contributed by atoms with E-state index in [-0.39, 0.29) is 11.8 Å². The summed E-state index contributed by atoms with van der Waals surface area (Å²) in [6, 6.07) is 0. The molecule has 188 valence electrons. The van der Waals surface area contributed by atoms with Crippen LogP contribution in [0.4, 0.5) is 0 Å². The van der Waals surface area contributed by atoms with Crippen LogP contribution in [0.1, 0.15) is 51.4 Å². The number of carbonyl (C=O) groups excluding carboxylic acids is 2. The van der Waals surface area contributed by atoms with Gasteiger partial charge in [0.05, 0.1) is 26.4 Å². The van der Waals surface area contributed by atoms with Gasteiger partial charge in [-0.05, 0) is 98.7 Å². The highest BCUT2D eigenvalue weighted by Gasteiger charge is 2.57. The highest BCUT2D eigenvalue weighted by Crippen LogP contribution is 2.62. The van der Waals surface area contributed by atoms with E-state index < -0.39 is 0 Å². The average molecular weight is 471 g/mol. The van der Waals surface area contributed by atoms with Gasteiger partial charge in [0.15, 0.2) is 0 Å². The van der Waals surface area contributed by atoms with Crippen LogP contribution in [0.2, 0.25) is 0 Å². The van der Waals surface area contributed by atoms with E-state index in [0.717, 1.165) is 23.7 Å². The molecular formula is C28H42N2O4. The Hall–Kier alpha value is -1.14. The summed E-state index contributed by atoms with van der Waals surface area (Å²) >= 11 is 0. The van der Waals surface area contributed by atoms with Crippen LogP contribution in [0.25, 0.3) is 0 Å². The Kier molecular flexibility index (Phi) is 5.69. The largest absolute Gasteiger partial charge is 0.378 e. The van der Waals surface area contributed by atoms with Crippen molar-refractivity contribution in [1.29, 1.82) is 0 Å². The van der Waals surface area contributed by atoms with Crippen molar-refractivity contribution in [2.24, 2.45) is 59.2 Å². The molecule has 10 unspecified atom stereocenters. The maximum atomic E-state index is 13.6. The van der Waals surface area contributed by atoms with E-state index in [0.29, 0.717) is 88.1 Å². The molecule has 2 amide bonds. The lowest BCUT2D eigenvalue weighted by Crippen LogP contribution is -2.46. The second-order valence-corrected chi connectivity index (χ2v) is 12.9. The Morgan fingerprint density at radius 2 is 0.882 bits per heavy atom. The van der Waals surface area contributed by atoms with Gasteiger partial charge in [0, 0.05) is 38.0 Å². The molecule has 9 fully saturated rings.